The zero-order valence-corrected chi connectivity index (χ0v) is 13.2. The average molecular weight is 276 g/mol. The molecule has 1 aliphatic heterocycles. The van der Waals surface area contributed by atoms with Crippen LogP contribution < -0.4 is 0 Å². The lowest BCUT2D eigenvalue weighted by atomic mass is 9.98. The molecule has 3 heteroatoms. The van der Waals surface area contributed by atoms with Crippen LogP contribution in [0.1, 0.15) is 19.4 Å². The van der Waals surface area contributed by atoms with Crippen LogP contribution in [0, 0.1) is 5.92 Å². The van der Waals surface area contributed by atoms with E-state index < -0.39 is 0 Å². The highest BCUT2D eigenvalue weighted by molar-refractivity contribution is 5.13. The summed E-state index contributed by atoms with van der Waals surface area (Å²) in [6.45, 7) is 8.35. The van der Waals surface area contributed by atoms with Gasteiger partial charge in [-0.1, -0.05) is 44.2 Å². The van der Waals surface area contributed by atoms with E-state index in [1.165, 1.54) is 5.56 Å². The molecule has 2 atom stereocenters. The molecule has 1 saturated heterocycles. The molecule has 0 amide bonds. The second-order valence-electron chi connectivity index (χ2n) is 6.35. The average Bonchev–Trinajstić information content (AvgIpc) is 2.43. The van der Waals surface area contributed by atoms with Crippen LogP contribution in [-0.2, 0) is 11.3 Å². The monoisotopic (exact) mass is 276 g/mol. The number of benzene rings is 1. The minimum Gasteiger partial charge on any atom is -0.375 e. The molecule has 0 bridgehead atoms. The number of rotatable bonds is 5. The van der Waals surface area contributed by atoms with Crippen LogP contribution in [0.3, 0.4) is 0 Å². The van der Waals surface area contributed by atoms with Gasteiger partial charge in [0.05, 0.1) is 13.2 Å². The molecule has 0 N–H and O–H groups in total. The van der Waals surface area contributed by atoms with E-state index in [0.717, 1.165) is 19.7 Å². The summed E-state index contributed by atoms with van der Waals surface area (Å²) < 4.78 is 5.91. The molecule has 0 spiro atoms. The van der Waals surface area contributed by atoms with Gasteiger partial charge < -0.3 is 9.64 Å². The van der Waals surface area contributed by atoms with E-state index >= 15 is 0 Å². The summed E-state index contributed by atoms with van der Waals surface area (Å²) in [6, 6.07) is 11.6. The van der Waals surface area contributed by atoms with Crippen molar-refractivity contribution >= 4 is 0 Å². The van der Waals surface area contributed by atoms with E-state index in [-0.39, 0.29) is 0 Å². The lowest BCUT2D eigenvalue weighted by molar-refractivity contribution is -0.00966. The van der Waals surface area contributed by atoms with Crippen LogP contribution in [0.4, 0.5) is 0 Å². The predicted octanol–water partition coefficient (Wildman–Crippen LogP) is 2.47. The molecule has 0 aromatic heterocycles. The van der Waals surface area contributed by atoms with Crippen molar-refractivity contribution in [2.45, 2.75) is 32.5 Å². The SMILES string of the molecule is CC(C)[C@@H]1CN(C)[C@H](COCc2ccccc2)CN1C. The first kappa shape index (κ1) is 15.5. The molecule has 1 heterocycles. The lowest BCUT2D eigenvalue weighted by Crippen LogP contribution is -2.58. The second-order valence-corrected chi connectivity index (χ2v) is 6.35. The van der Waals surface area contributed by atoms with Crippen molar-refractivity contribution in [3.63, 3.8) is 0 Å². The highest BCUT2D eigenvalue weighted by Gasteiger charge is 2.31. The van der Waals surface area contributed by atoms with Crippen molar-refractivity contribution in [2.75, 3.05) is 33.8 Å². The largest absolute Gasteiger partial charge is 0.375 e. The third-order valence-electron chi connectivity index (χ3n) is 4.35. The Morgan fingerprint density at radius 2 is 1.80 bits per heavy atom. The Balaban J connectivity index is 1.79. The van der Waals surface area contributed by atoms with E-state index in [2.05, 4.69) is 62.0 Å². The first-order valence-corrected chi connectivity index (χ1v) is 7.60. The topological polar surface area (TPSA) is 15.7 Å². The second kappa shape index (κ2) is 7.21. The van der Waals surface area contributed by atoms with Gasteiger partial charge in [0, 0.05) is 25.2 Å². The zero-order chi connectivity index (χ0) is 14.5. The molecule has 1 aliphatic rings. The standard InChI is InChI=1S/C17H28N2O/c1-14(2)17-11-18(3)16(10-19(17)4)13-20-12-15-8-6-5-7-9-15/h5-9,14,16-17H,10-13H2,1-4H3/t16-,17-/m0/s1. The van der Waals surface area contributed by atoms with Crippen molar-refractivity contribution in [1.29, 1.82) is 0 Å². The molecular formula is C17H28N2O. The summed E-state index contributed by atoms with van der Waals surface area (Å²) in [6.07, 6.45) is 0. The molecular weight excluding hydrogens is 248 g/mol. The Hall–Kier alpha value is -0.900. The molecule has 1 aromatic carbocycles. The van der Waals surface area contributed by atoms with Gasteiger partial charge in [-0.2, -0.15) is 0 Å². The normalized spacial score (nSPS) is 25.2. The highest BCUT2D eigenvalue weighted by Crippen LogP contribution is 2.18. The minimum atomic E-state index is 0.499. The Morgan fingerprint density at radius 1 is 1.10 bits per heavy atom. The van der Waals surface area contributed by atoms with Gasteiger partial charge >= 0.3 is 0 Å². The summed E-state index contributed by atoms with van der Waals surface area (Å²) in [4.78, 5) is 4.94. The summed E-state index contributed by atoms with van der Waals surface area (Å²) in [5.41, 5.74) is 1.25. The molecule has 0 unspecified atom stereocenters. The quantitative estimate of drug-likeness (QED) is 0.822. The third kappa shape index (κ3) is 4.05. The fourth-order valence-corrected chi connectivity index (χ4v) is 2.98. The summed E-state index contributed by atoms with van der Waals surface area (Å²) >= 11 is 0. The van der Waals surface area contributed by atoms with Crippen molar-refractivity contribution in [3.8, 4) is 0 Å². The van der Waals surface area contributed by atoms with E-state index in [0.29, 0.717) is 24.6 Å². The summed E-state index contributed by atoms with van der Waals surface area (Å²) in [5.74, 6) is 0.702. The molecule has 1 aromatic rings. The fraction of sp³-hybridized carbons (Fsp3) is 0.647. The van der Waals surface area contributed by atoms with Crippen LogP contribution >= 0.6 is 0 Å². The lowest BCUT2D eigenvalue weighted by Gasteiger charge is -2.44. The van der Waals surface area contributed by atoms with Gasteiger partial charge in [-0.15, -0.1) is 0 Å². The van der Waals surface area contributed by atoms with E-state index in [4.69, 9.17) is 4.74 Å². The first-order chi connectivity index (χ1) is 9.58. The molecule has 20 heavy (non-hydrogen) atoms. The van der Waals surface area contributed by atoms with Gasteiger partial charge in [0.15, 0.2) is 0 Å². The number of hydrogen-bond donors (Lipinski definition) is 0. The van der Waals surface area contributed by atoms with Crippen molar-refractivity contribution < 1.29 is 4.74 Å². The number of ether oxygens (including phenoxy) is 1. The molecule has 0 saturated carbocycles. The Bertz CT molecular complexity index is 393. The van der Waals surface area contributed by atoms with Gasteiger partial charge in [0.2, 0.25) is 0 Å². The molecule has 0 radical (unpaired) electrons. The zero-order valence-electron chi connectivity index (χ0n) is 13.2. The van der Waals surface area contributed by atoms with Gasteiger partial charge in [0.25, 0.3) is 0 Å². The number of piperazine rings is 1. The molecule has 2 rings (SSSR count). The van der Waals surface area contributed by atoms with Crippen LogP contribution in [0.5, 0.6) is 0 Å². The Morgan fingerprint density at radius 3 is 2.45 bits per heavy atom. The summed E-state index contributed by atoms with van der Waals surface area (Å²) in [5, 5.41) is 0. The van der Waals surface area contributed by atoms with Gasteiger partial charge in [-0.05, 0) is 25.6 Å². The predicted molar refractivity (Wildman–Crippen MR) is 83.8 cm³/mol. The molecule has 1 fully saturated rings. The van der Waals surface area contributed by atoms with Gasteiger partial charge in [-0.25, -0.2) is 0 Å². The fourth-order valence-electron chi connectivity index (χ4n) is 2.98. The maximum atomic E-state index is 5.91. The van der Waals surface area contributed by atoms with Crippen LogP contribution in [0.15, 0.2) is 30.3 Å². The van der Waals surface area contributed by atoms with Crippen LogP contribution in [-0.4, -0.2) is 55.7 Å². The van der Waals surface area contributed by atoms with E-state index in [1.807, 2.05) is 6.07 Å². The van der Waals surface area contributed by atoms with Crippen molar-refractivity contribution in [2.24, 2.45) is 5.92 Å². The maximum absolute atomic E-state index is 5.91. The number of likely N-dealkylation sites (N-methyl/N-ethyl adjacent to an activating group) is 2. The minimum absolute atomic E-state index is 0.499. The van der Waals surface area contributed by atoms with Crippen molar-refractivity contribution in [3.05, 3.63) is 35.9 Å². The van der Waals surface area contributed by atoms with Gasteiger partial charge in [0.1, 0.15) is 0 Å². The van der Waals surface area contributed by atoms with Crippen molar-refractivity contribution in [1.82, 2.24) is 9.80 Å². The van der Waals surface area contributed by atoms with E-state index in [9.17, 15) is 0 Å². The highest BCUT2D eigenvalue weighted by atomic mass is 16.5. The summed E-state index contributed by atoms with van der Waals surface area (Å²) in [7, 11) is 4.46. The number of nitrogens with zero attached hydrogens (tertiary/aromatic N) is 2. The Kier molecular flexibility index (Phi) is 5.58. The van der Waals surface area contributed by atoms with Crippen LogP contribution in [0.2, 0.25) is 0 Å². The molecule has 3 nitrogen and oxygen atoms in total. The van der Waals surface area contributed by atoms with Crippen LogP contribution in [0.25, 0.3) is 0 Å². The molecule has 112 valence electrons. The van der Waals surface area contributed by atoms with Gasteiger partial charge in [-0.3, -0.25) is 4.90 Å². The number of hydrogen-bond acceptors (Lipinski definition) is 3. The Labute approximate surface area is 123 Å². The maximum Gasteiger partial charge on any atom is 0.0717 e. The van der Waals surface area contributed by atoms with E-state index in [1.54, 1.807) is 0 Å². The first-order valence-electron chi connectivity index (χ1n) is 7.60. The molecule has 0 aliphatic carbocycles. The third-order valence-corrected chi connectivity index (χ3v) is 4.35. The smallest absolute Gasteiger partial charge is 0.0717 e.